The smallest absolute Gasteiger partial charge is 0.123 e. The predicted molar refractivity (Wildman–Crippen MR) is 106 cm³/mol. The Hall–Kier alpha value is -1.78. The Bertz CT molecular complexity index is 701. The van der Waals surface area contributed by atoms with Crippen molar-refractivity contribution in [3.8, 4) is 5.75 Å². The molecule has 5 heteroatoms. The van der Waals surface area contributed by atoms with Gasteiger partial charge in [-0.2, -0.15) is 0 Å². The van der Waals surface area contributed by atoms with Crippen molar-refractivity contribution in [2.45, 2.75) is 18.8 Å². The third-order valence-electron chi connectivity index (χ3n) is 5.44. The molecule has 0 amide bonds. The first-order chi connectivity index (χ1) is 12.3. The summed E-state index contributed by atoms with van der Waals surface area (Å²) in [6, 6.07) is 15.3. The van der Waals surface area contributed by atoms with Crippen LogP contribution in [0, 0.1) is 5.82 Å². The number of benzene rings is 2. The molecule has 1 fully saturated rings. The lowest BCUT2D eigenvalue weighted by Gasteiger charge is -2.37. The van der Waals surface area contributed by atoms with Crippen LogP contribution in [0.1, 0.15) is 24.3 Å². The molecule has 2 aliphatic heterocycles. The number of piperazine rings is 1. The van der Waals surface area contributed by atoms with E-state index in [0.717, 1.165) is 57.2 Å². The Labute approximate surface area is 161 Å². The summed E-state index contributed by atoms with van der Waals surface area (Å²) in [5.74, 6) is 1.51. The second-order valence-corrected chi connectivity index (χ2v) is 6.97. The lowest BCUT2D eigenvalue weighted by atomic mass is 9.90. The number of para-hydroxylation sites is 1. The van der Waals surface area contributed by atoms with Crippen molar-refractivity contribution in [1.29, 1.82) is 0 Å². The van der Waals surface area contributed by atoms with Gasteiger partial charge in [0, 0.05) is 31.9 Å². The zero-order valence-corrected chi connectivity index (χ0v) is 15.8. The van der Waals surface area contributed by atoms with Gasteiger partial charge >= 0.3 is 0 Å². The van der Waals surface area contributed by atoms with Crippen molar-refractivity contribution < 1.29 is 9.13 Å². The Morgan fingerprint density at radius 1 is 0.962 bits per heavy atom. The van der Waals surface area contributed by atoms with E-state index in [9.17, 15) is 4.39 Å². The Morgan fingerprint density at radius 3 is 2.46 bits per heavy atom. The predicted octanol–water partition coefficient (Wildman–Crippen LogP) is 4.33. The second kappa shape index (κ2) is 8.74. The average Bonchev–Trinajstić information content (AvgIpc) is 2.67. The third kappa shape index (κ3) is 4.30. The second-order valence-electron chi connectivity index (χ2n) is 6.97. The van der Waals surface area contributed by atoms with Crippen molar-refractivity contribution in [3.05, 3.63) is 59.9 Å². The van der Waals surface area contributed by atoms with E-state index >= 15 is 0 Å². The molecule has 2 heterocycles. The van der Waals surface area contributed by atoms with E-state index in [1.54, 1.807) is 12.1 Å². The van der Waals surface area contributed by atoms with Gasteiger partial charge in [0.05, 0.1) is 6.61 Å². The number of hydrogen-bond acceptors (Lipinski definition) is 3. The molecule has 2 aromatic rings. The third-order valence-corrected chi connectivity index (χ3v) is 5.44. The molecule has 0 spiro atoms. The minimum atomic E-state index is -0.167. The van der Waals surface area contributed by atoms with Gasteiger partial charge in [0.25, 0.3) is 0 Å². The molecular formula is C21H26ClFN2O. The zero-order valence-electron chi connectivity index (χ0n) is 14.9. The summed E-state index contributed by atoms with van der Waals surface area (Å²) in [5, 5.41) is 0. The molecule has 26 heavy (non-hydrogen) atoms. The molecule has 2 aliphatic rings. The molecule has 3 nitrogen and oxygen atoms in total. The highest BCUT2D eigenvalue weighted by molar-refractivity contribution is 5.85. The van der Waals surface area contributed by atoms with Gasteiger partial charge in [-0.05, 0) is 61.2 Å². The van der Waals surface area contributed by atoms with Crippen LogP contribution in [-0.4, -0.2) is 44.2 Å². The fraction of sp³-hybridized carbons (Fsp3) is 0.429. The van der Waals surface area contributed by atoms with Gasteiger partial charge in [-0.15, -0.1) is 12.4 Å². The number of halogens is 2. The van der Waals surface area contributed by atoms with Crippen LogP contribution in [0.25, 0.3) is 0 Å². The fourth-order valence-corrected chi connectivity index (χ4v) is 3.94. The zero-order chi connectivity index (χ0) is 17.1. The molecule has 0 aromatic heterocycles. The van der Waals surface area contributed by atoms with Gasteiger partial charge < -0.3 is 9.64 Å². The first kappa shape index (κ1) is 19.0. The van der Waals surface area contributed by atoms with Crippen LogP contribution >= 0.6 is 12.4 Å². The van der Waals surface area contributed by atoms with Crippen molar-refractivity contribution >= 4 is 18.1 Å². The van der Waals surface area contributed by atoms with Crippen LogP contribution in [0.5, 0.6) is 5.75 Å². The van der Waals surface area contributed by atoms with Crippen LogP contribution < -0.4 is 9.64 Å². The summed E-state index contributed by atoms with van der Waals surface area (Å²) < 4.78 is 18.8. The molecule has 0 saturated carbocycles. The molecule has 4 rings (SSSR count). The first-order valence-electron chi connectivity index (χ1n) is 9.24. The number of rotatable bonds is 4. The normalized spacial score (nSPS) is 20.0. The standard InChI is InChI=1S/C21H25FN2O.ClH/c22-18-5-7-19(8-6-18)24-14-12-23(13-15-24)11-9-17-10-16-25-21-4-2-1-3-20(17)21;/h1-8,17H,9-16H2;1H. The van der Waals surface area contributed by atoms with Crippen LogP contribution in [0.15, 0.2) is 48.5 Å². The maximum absolute atomic E-state index is 13.1. The van der Waals surface area contributed by atoms with Gasteiger partial charge in [-0.1, -0.05) is 18.2 Å². The SMILES string of the molecule is Cl.Fc1ccc(N2CCN(CCC3CCOc4ccccc43)CC2)cc1. The van der Waals surface area contributed by atoms with E-state index in [-0.39, 0.29) is 18.2 Å². The maximum atomic E-state index is 13.1. The van der Waals surface area contributed by atoms with Crippen LogP contribution in [0.3, 0.4) is 0 Å². The number of fused-ring (bicyclic) bond motifs is 1. The molecule has 140 valence electrons. The lowest BCUT2D eigenvalue weighted by Crippen LogP contribution is -2.46. The van der Waals surface area contributed by atoms with Gasteiger partial charge in [0.2, 0.25) is 0 Å². The van der Waals surface area contributed by atoms with Gasteiger partial charge in [-0.3, -0.25) is 4.90 Å². The molecule has 2 aromatic carbocycles. The molecule has 0 aliphatic carbocycles. The molecule has 0 radical (unpaired) electrons. The number of hydrogen-bond donors (Lipinski definition) is 0. The summed E-state index contributed by atoms with van der Waals surface area (Å²) in [6.07, 6.45) is 2.31. The van der Waals surface area contributed by atoms with Crippen LogP contribution in [0.2, 0.25) is 0 Å². The van der Waals surface area contributed by atoms with E-state index in [0.29, 0.717) is 5.92 Å². The number of nitrogens with zero attached hydrogens (tertiary/aromatic N) is 2. The Morgan fingerprint density at radius 2 is 1.69 bits per heavy atom. The molecule has 1 atom stereocenters. The van der Waals surface area contributed by atoms with Crippen molar-refractivity contribution in [1.82, 2.24) is 4.90 Å². The summed E-state index contributed by atoms with van der Waals surface area (Å²) >= 11 is 0. The monoisotopic (exact) mass is 376 g/mol. The van der Waals surface area contributed by atoms with E-state index in [2.05, 4.69) is 34.1 Å². The highest BCUT2D eigenvalue weighted by atomic mass is 35.5. The van der Waals surface area contributed by atoms with Crippen LogP contribution in [-0.2, 0) is 0 Å². The van der Waals surface area contributed by atoms with E-state index in [4.69, 9.17) is 4.74 Å². The molecular weight excluding hydrogens is 351 g/mol. The Kier molecular flexibility index (Phi) is 6.38. The Balaban J connectivity index is 0.00000196. The highest BCUT2D eigenvalue weighted by Gasteiger charge is 2.23. The summed E-state index contributed by atoms with van der Waals surface area (Å²) in [5.41, 5.74) is 2.50. The average molecular weight is 377 g/mol. The maximum Gasteiger partial charge on any atom is 0.123 e. The van der Waals surface area contributed by atoms with Crippen LogP contribution in [0.4, 0.5) is 10.1 Å². The minimum absolute atomic E-state index is 0. The van der Waals surface area contributed by atoms with Crippen molar-refractivity contribution in [2.75, 3.05) is 44.2 Å². The topological polar surface area (TPSA) is 15.7 Å². The van der Waals surface area contributed by atoms with E-state index in [1.807, 2.05) is 12.1 Å². The van der Waals surface area contributed by atoms with Gasteiger partial charge in [0.1, 0.15) is 11.6 Å². The van der Waals surface area contributed by atoms with Crippen molar-refractivity contribution in [3.63, 3.8) is 0 Å². The molecule has 1 saturated heterocycles. The molecule has 1 unspecified atom stereocenters. The molecule has 0 bridgehead atoms. The highest BCUT2D eigenvalue weighted by Crippen LogP contribution is 2.35. The first-order valence-corrected chi connectivity index (χ1v) is 9.24. The summed E-state index contributed by atoms with van der Waals surface area (Å²) in [6.45, 7) is 6.13. The molecule has 0 N–H and O–H groups in total. The minimum Gasteiger partial charge on any atom is -0.493 e. The van der Waals surface area contributed by atoms with E-state index < -0.39 is 0 Å². The summed E-state index contributed by atoms with van der Waals surface area (Å²) in [7, 11) is 0. The number of anilines is 1. The largest absolute Gasteiger partial charge is 0.493 e. The van der Waals surface area contributed by atoms with Gasteiger partial charge in [-0.25, -0.2) is 4.39 Å². The van der Waals surface area contributed by atoms with Gasteiger partial charge in [0.15, 0.2) is 0 Å². The number of ether oxygens (including phenoxy) is 1. The van der Waals surface area contributed by atoms with Crippen molar-refractivity contribution in [2.24, 2.45) is 0 Å². The lowest BCUT2D eigenvalue weighted by molar-refractivity contribution is 0.223. The summed E-state index contributed by atoms with van der Waals surface area (Å²) in [4.78, 5) is 4.90. The quantitative estimate of drug-likeness (QED) is 0.790. The fourth-order valence-electron chi connectivity index (χ4n) is 3.94. The van der Waals surface area contributed by atoms with E-state index in [1.165, 1.54) is 12.0 Å².